The van der Waals surface area contributed by atoms with Crippen LogP contribution in [0.5, 0.6) is 0 Å². The number of nitrogens with one attached hydrogen (secondary N) is 1. The Balaban J connectivity index is 1.37. The highest BCUT2D eigenvalue weighted by atomic mass is 32.1. The van der Waals surface area contributed by atoms with Crippen LogP contribution in [0.4, 0.5) is 5.95 Å². The van der Waals surface area contributed by atoms with Crippen LogP contribution in [0.1, 0.15) is 36.0 Å². The zero-order valence-corrected chi connectivity index (χ0v) is 22.0. The number of carbonyl (C=O) groups excluding carboxylic acids is 1. The summed E-state index contributed by atoms with van der Waals surface area (Å²) in [4.78, 5) is 44.7. The van der Waals surface area contributed by atoms with E-state index in [1.165, 1.54) is 24.2 Å². The predicted molar refractivity (Wildman–Crippen MR) is 147 cm³/mol. The third-order valence-corrected chi connectivity index (χ3v) is 9.73. The van der Waals surface area contributed by atoms with Crippen LogP contribution >= 0.6 is 11.3 Å². The van der Waals surface area contributed by atoms with Gasteiger partial charge in [-0.1, -0.05) is 12.1 Å². The molecule has 0 radical (unpaired) electrons. The van der Waals surface area contributed by atoms with E-state index in [2.05, 4.69) is 39.1 Å². The first-order valence-corrected chi connectivity index (χ1v) is 14.0. The van der Waals surface area contributed by atoms with Gasteiger partial charge in [0.25, 0.3) is 5.91 Å². The number of rotatable bonds is 3. The lowest BCUT2D eigenvalue weighted by Gasteiger charge is -2.38. The van der Waals surface area contributed by atoms with Crippen LogP contribution in [-0.4, -0.2) is 88.5 Å². The van der Waals surface area contributed by atoms with Crippen LogP contribution in [-0.2, 0) is 0 Å². The molecule has 3 aromatic heterocycles. The monoisotopic (exact) mass is 517 g/mol. The van der Waals surface area contributed by atoms with Gasteiger partial charge < -0.3 is 15.1 Å². The first-order valence-electron chi connectivity index (χ1n) is 13.2. The van der Waals surface area contributed by atoms with E-state index < -0.39 is 0 Å². The Morgan fingerprint density at radius 3 is 2.54 bits per heavy atom. The van der Waals surface area contributed by atoms with Gasteiger partial charge in [0.15, 0.2) is 5.65 Å². The molecule has 4 aromatic rings. The molecule has 7 rings (SSSR count). The lowest BCUT2D eigenvalue weighted by molar-refractivity contribution is 0.0917. The van der Waals surface area contributed by atoms with Crippen molar-refractivity contribution in [3.63, 3.8) is 0 Å². The molecule has 9 nitrogen and oxygen atoms in total. The number of pyridine rings is 1. The third-order valence-electron chi connectivity index (χ3n) is 8.58. The second-order valence-corrected chi connectivity index (χ2v) is 11.9. The van der Waals surface area contributed by atoms with Gasteiger partial charge in [0.1, 0.15) is 10.4 Å². The molecule has 0 saturated carbocycles. The average molecular weight is 518 g/mol. The molecule has 10 heteroatoms. The maximum absolute atomic E-state index is 13.8. The summed E-state index contributed by atoms with van der Waals surface area (Å²) in [6, 6.07) is 9.11. The largest absolute Gasteiger partial charge is 0.349 e. The predicted octanol–water partition coefficient (Wildman–Crippen LogP) is 2.56. The number of anilines is 1. The molecule has 1 N–H and O–H groups in total. The average Bonchev–Trinajstić information content (AvgIpc) is 3.35. The fourth-order valence-electron chi connectivity index (χ4n) is 6.33. The number of fused-ring (bicyclic) bond motifs is 7. The minimum atomic E-state index is -0.301. The van der Waals surface area contributed by atoms with E-state index in [0.29, 0.717) is 33.9 Å². The molecule has 0 unspecified atom stereocenters. The fourth-order valence-corrected chi connectivity index (χ4v) is 7.51. The van der Waals surface area contributed by atoms with Gasteiger partial charge in [0.05, 0.1) is 15.6 Å². The summed E-state index contributed by atoms with van der Waals surface area (Å²) in [5.41, 5.74) is 1.42. The quantitative estimate of drug-likeness (QED) is 0.447. The van der Waals surface area contributed by atoms with Crippen LogP contribution in [0.2, 0.25) is 0 Å². The van der Waals surface area contributed by atoms with E-state index in [9.17, 15) is 9.59 Å². The molecule has 3 fully saturated rings. The Labute approximate surface area is 218 Å². The summed E-state index contributed by atoms with van der Waals surface area (Å²) in [5.74, 6) is 0.356. The van der Waals surface area contributed by atoms with Gasteiger partial charge in [-0.3, -0.25) is 18.9 Å². The highest BCUT2D eigenvalue weighted by molar-refractivity contribution is 7.24. The van der Waals surface area contributed by atoms with Crippen molar-refractivity contribution >= 4 is 49.3 Å². The molecule has 2 atom stereocenters. The first kappa shape index (κ1) is 23.1. The first-order chi connectivity index (χ1) is 18.0. The molecular weight excluding hydrogens is 486 g/mol. The summed E-state index contributed by atoms with van der Waals surface area (Å²) < 4.78 is 3.01. The molecule has 1 amide bonds. The van der Waals surface area contributed by atoms with E-state index in [-0.39, 0.29) is 22.9 Å². The maximum atomic E-state index is 13.8. The molecule has 192 valence electrons. The second-order valence-electron chi connectivity index (χ2n) is 10.8. The molecule has 3 saturated heterocycles. The second kappa shape index (κ2) is 8.75. The number of aromatic nitrogens is 3. The van der Waals surface area contributed by atoms with Gasteiger partial charge in [-0.15, -0.1) is 11.3 Å². The van der Waals surface area contributed by atoms with Gasteiger partial charge in [-0.05, 0) is 65.0 Å². The number of likely N-dealkylation sites (tertiary alicyclic amines) is 1. The Morgan fingerprint density at radius 1 is 1.05 bits per heavy atom. The van der Waals surface area contributed by atoms with Crippen LogP contribution < -0.4 is 15.6 Å². The summed E-state index contributed by atoms with van der Waals surface area (Å²) >= 11 is 1.47. The molecule has 1 aromatic carbocycles. The molecular formula is C27H31N7O2S. The van der Waals surface area contributed by atoms with Crippen LogP contribution in [0.3, 0.4) is 0 Å². The van der Waals surface area contributed by atoms with Crippen molar-refractivity contribution in [1.82, 2.24) is 29.5 Å². The van der Waals surface area contributed by atoms with Crippen LogP contribution in [0.15, 0.2) is 35.3 Å². The van der Waals surface area contributed by atoms with Crippen molar-refractivity contribution in [1.29, 1.82) is 0 Å². The molecule has 3 aliphatic rings. The smallest absolute Gasteiger partial charge is 0.258 e. The number of likely N-dealkylation sites (N-methyl/N-ethyl adjacent to an activating group) is 1. The number of hydrogen-bond acceptors (Lipinski definition) is 8. The van der Waals surface area contributed by atoms with Crippen molar-refractivity contribution in [2.45, 2.75) is 43.8 Å². The SMILES string of the molecule is CN1CCC(NC(=O)c2c(=O)c3cnc(N4C[C@H]5CC[C@@H](C4)N5C)nc3n3c2sc2ccccc23)CC1. The van der Waals surface area contributed by atoms with Gasteiger partial charge >= 0.3 is 0 Å². The molecule has 2 bridgehead atoms. The van der Waals surface area contributed by atoms with Crippen molar-refractivity contribution < 1.29 is 4.79 Å². The van der Waals surface area contributed by atoms with Crippen molar-refractivity contribution in [3.8, 4) is 0 Å². The molecule has 6 heterocycles. The number of piperazine rings is 1. The topological polar surface area (TPSA) is 86.1 Å². The fraction of sp³-hybridized carbons (Fsp3) is 0.481. The third kappa shape index (κ3) is 3.72. The lowest BCUT2D eigenvalue weighted by Crippen LogP contribution is -2.52. The Bertz CT molecular complexity index is 1570. The van der Waals surface area contributed by atoms with E-state index in [4.69, 9.17) is 4.98 Å². The number of amides is 1. The van der Waals surface area contributed by atoms with Crippen molar-refractivity contribution in [3.05, 3.63) is 46.2 Å². The summed E-state index contributed by atoms with van der Waals surface area (Å²) in [7, 11) is 4.30. The summed E-state index contributed by atoms with van der Waals surface area (Å²) in [5, 5.41) is 3.54. The molecule has 3 aliphatic heterocycles. The Kier molecular flexibility index (Phi) is 5.45. The zero-order chi connectivity index (χ0) is 25.3. The molecule has 0 aliphatic carbocycles. The van der Waals surface area contributed by atoms with Crippen LogP contribution in [0.25, 0.3) is 26.1 Å². The van der Waals surface area contributed by atoms with Crippen molar-refractivity contribution in [2.24, 2.45) is 0 Å². The minimum Gasteiger partial charge on any atom is -0.349 e. The van der Waals surface area contributed by atoms with E-state index in [0.717, 1.165) is 49.2 Å². The molecule has 37 heavy (non-hydrogen) atoms. The number of carbonyl (C=O) groups is 1. The normalized spacial score (nSPS) is 23.5. The Hall–Kier alpha value is -3.08. The van der Waals surface area contributed by atoms with Gasteiger partial charge in [0.2, 0.25) is 11.4 Å². The number of benzene rings is 1. The number of para-hydroxylation sites is 1. The highest BCUT2D eigenvalue weighted by Gasteiger charge is 2.38. The highest BCUT2D eigenvalue weighted by Crippen LogP contribution is 2.33. The van der Waals surface area contributed by atoms with Gasteiger partial charge in [-0.25, -0.2) is 4.98 Å². The number of nitrogens with zero attached hydrogens (tertiary/aromatic N) is 6. The standard InChI is InChI=1S/C27H31N7O2S/c1-31-11-9-16(10-12-31)29-25(36)22-23(35)19-13-28-27(33-14-17-7-8-18(15-33)32(17)2)30-24(19)34-20-5-3-4-6-21(20)37-26(22)34/h3-6,13,16-18H,7-12,14-15H2,1-2H3,(H,29,36)/t17-,18+. The van der Waals surface area contributed by atoms with Crippen molar-refractivity contribution in [2.75, 3.05) is 45.2 Å². The van der Waals surface area contributed by atoms with Gasteiger partial charge in [0, 0.05) is 37.4 Å². The number of thiazole rings is 1. The Morgan fingerprint density at radius 2 is 1.78 bits per heavy atom. The number of hydrogen-bond donors (Lipinski definition) is 1. The van der Waals surface area contributed by atoms with Crippen LogP contribution in [0, 0.1) is 0 Å². The van der Waals surface area contributed by atoms with E-state index in [1.54, 1.807) is 6.20 Å². The van der Waals surface area contributed by atoms with E-state index in [1.807, 2.05) is 28.7 Å². The van der Waals surface area contributed by atoms with E-state index >= 15 is 0 Å². The maximum Gasteiger partial charge on any atom is 0.258 e. The van der Waals surface area contributed by atoms with Gasteiger partial charge in [-0.2, -0.15) is 4.98 Å². The minimum absolute atomic E-state index is 0.0689. The zero-order valence-electron chi connectivity index (χ0n) is 21.2. The lowest BCUT2D eigenvalue weighted by atomic mass is 10.0. The summed E-state index contributed by atoms with van der Waals surface area (Å²) in [6.07, 6.45) is 5.78. The number of piperidine rings is 1. The molecule has 0 spiro atoms. The summed E-state index contributed by atoms with van der Waals surface area (Å²) in [6.45, 7) is 3.64.